The van der Waals surface area contributed by atoms with E-state index < -0.39 is 25.9 Å². The number of aromatic nitrogens is 2. The van der Waals surface area contributed by atoms with Crippen LogP contribution in [0.1, 0.15) is 48.4 Å². The number of anilines is 2. The van der Waals surface area contributed by atoms with Crippen LogP contribution in [0.15, 0.2) is 59.9 Å². The van der Waals surface area contributed by atoms with E-state index in [-0.39, 0.29) is 16.6 Å². The number of hydrogen-bond acceptors (Lipinski definition) is 9. The molecule has 1 fully saturated rings. The molecule has 40 heavy (non-hydrogen) atoms. The highest BCUT2D eigenvalue weighted by atomic mass is 32.2. The highest BCUT2D eigenvalue weighted by molar-refractivity contribution is 7.91. The molecular weight excluding hydrogens is 550 g/mol. The molecule has 2 aliphatic rings. The number of nitrogens with one attached hydrogen (secondary N) is 2. The molecule has 2 N–H and O–H groups in total. The fourth-order valence-corrected chi connectivity index (χ4v) is 6.84. The summed E-state index contributed by atoms with van der Waals surface area (Å²) in [5.74, 6) is 0.707. The van der Waals surface area contributed by atoms with E-state index in [9.17, 15) is 21.6 Å². The second-order valence-electron chi connectivity index (χ2n) is 9.97. The number of sulfonamides is 1. The fraction of sp³-hybridized carbons (Fsp3) is 0.321. The molecule has 210 valence electrons. The van der Waals surface area contributed by atoms with Gasteiger partial charge in [0.15, 0.2) is 9.84 Å². The minimum Gasteiger partial charge on any atom is -0.378 e. The summed E-state index contributed by atoms with van der Waals surface area (Å²) in [5.41, 5.74) is 4.44. The zero-order chi connectivity index (χ0) is 28.5. The molecule has 0 bridgehead atoms. The van der Waals surface area contributed by atoms with E-state index in [1.165, 1.54) is 16.8 Å². The average Bonchev–Trinajstić information content (AvgIpc) is 2.96. The Labute approximate surface area is 234 Å². The van der Waals surface area contributed by atoms with Crippen LogP contribution in [-0.2, 0) is 24.7 Å². The first kappa shape index (κ1) is 27.9. The van der Waals surface area contributed by atoms with Gasteiger partial charge in [-0.15, -0.1) is 0 Å². The Balaban J connectivity index is 1.45. The number of rotatable bonds is 8. The minimum absolute atomic E-state index is 0.0369. The van der Waals surface area contributed by atoms with E-state index in [0.717, 1.165) is 35.9 Å². The van der Waals surface area contributed by atoms with Gasteiger partial charge < -0.3 is 15.4 Å². The maximum Gasteiger partial charge on any atom is 0.211 e. The van der Waals surface area contributed by atoms with Gasteiger partial charge in [0.1, 0.15) is 18.1 Å². The number of carbonyl (C=O) groups excluding carboxylic acids is 1. The predicted octanol–water partition coefficient (Wildman–Crippen LogP) is 3.63. The quantitative estimate of drug-likeness (QED) is 0.382. The maximum absolute atomic E-state index is 12.4. The van der Waals surface area contributed by atoms with E-state index in [2.05, 4.69) is 15.6 Å². The van der Waals surface area contributed by atoms with Crippen LogP contribution in [0.2, 0.25) is 0 Å². The summed E-state index contributed by atoms with van der Waals surface area (Å²) in [4.78, 5) is 21.0. The van der Waals surface area contributed by atoms with Crippen molar-refractivity contribution in [3.05, 3.63) is 71.7 Å². The van der Waals surface area contributed by atoms with Gasteiger partial charge in [-0.25, -0.2) is 26.1 Å². The molecule has 2 aromatic heterocycles. The molecule has 0 amide bonds. The molecular formula is C28H31N5O5S2. The first-order chi connectivity index (χ1) is 19.1. The molecule has 1 saturated heterocycles. The summed E-state index contributed by atoms with van der Waals surface area (Å²) in [6.07, 6.45) is 10.0. The maximum atomic E-state index is 12.4. The number of aldehydes is 1. The van der Waals surface area contributed by atoms with Gasteiger partial charge in [0, 0.05) is 42.3 Å². The Kier molecular flexibility index (Phi) is 7.76. The predicted molar refractivity (Wildman–Crippen MR) is 154 cm³/mol. The zero-order valence-electron chi connectivity index (χ0n) is 22.2. The van der Waals surface area contributed by atoms with Crippen molar-refractivity contribution in [3.8, 4) is 11.3 Å². The third kappa shape index (κ3) is 5.79. The number of sulfone groups is 1. The van der Waals surface area contributed by atoms with Crippen LogP contribution in [0, 0.1) is 0 Å². The van der Waals surface area contributed by atoms with Gasteiger partial charge in [-0.2, -0.15) is 0 Å². The summed E-state index contributed by atoms with van der Waals surface area (Å²) in [7, 11) is -6.62. The summed E-state index contributed by atoms with van der Waals surface area (Å²) in [6.45, 7) is 2.60. The van der Waals surface area contributed by atoms with Gasteiger partial charge in [-0.3, -0.25) is 4.98 Å². The number of nitrogens with zero attached hydrogens (tertiary/aromatic N) is 3. The number of piperidine rings is 1. The van der Waals surface area contributed by atoms with E-state index in [0.29, 0.717) is 35.7 Å². The molecule has 0 radical (unpaired) electrons. The number of carbonyl (C=O) groups is 1. The first-order valence-corrected chi connectivity index (χ1v) is 16.5. The lowest BCUT2D eigenvalue weighted by Crippen LogP contribution is -2.37. The van der Waals surface area contributed by atoms with Crippen molar-refractivity contribution < 1.29 is 21.6 Å². The number of pyridine rings is 2. The van der Waals surface area contributed by atoms with Gasteiger partial charge in [0.05, 0.1) is 22.6 Å². The summed E-state index contributed by atoms with van der Waals surface area (Å²) >= 11 is 0. The smallest absolute Gasteiger partial charge is 0.211 e. The van der Waals surface area contributed by atoms with Gasteiger partial charge in [-0.1, -0.05) is 19.1 Å². The van der Waals surface area contributed by atoms with Crippen molar-refractivity contribution in [2.45, 2.75) is 36.6 Å². The van der Waals surface area contributed by atoms with Crippen molar-refractivity contribution in [3.63, 3.8) is 0 Å². The summed E-state index contributed by atoms with van der Waals surface area (Å²) in [6, 6.07) is 10.7. The Hall–Kier alpha value is -3.61. The Morgan fingerprint density at radius 2 is 1.80 bits per heavy atom. The molecule has 10 nitrogen and oxygen atoms in total. The van der Waals surface area contributed by atoms with Crippen molar-refractivity contribution in [2.24, 2.45) is 0 Å². The standard InChI is InChI=1S/C28H31N5O5S2/c1-3-40(37,38)24-14-22(16-29-17-24)25-15-21-8-11-30-26(18-34)27(21)28(32-25)31-23-6-4-19(5-7-23)20-9-12-33(13-10-20)39(2,35)36/h4-8,11,14-18,20,26,30H,3,9-10,12-13H2,1-2H3,(H,31,32). The number of fused-ring (bicyclic) bond motifs is 1. The van der Waals surface area contributed by atoms with Gasteiger partial charge >= 0.3 is 0 Å². The van der Waals surface area contributed by atoms with E-state index in [1.807, 2.05) is 36.4 Å². The van der Waals surface area contributed by atoms with Crippen molar-refractivity contribution >= 4 is 43.7 Å². The molecule has 2 aliphatic heterocycles. The monoisotopic (exact) mass is 581 g/mol. The lowest BCUT2D eigenvalue weighted by Gasteiger charge is -2.30. The van der Waals surface area contributed by atoms with Crippen molar-refractivity contribution in [1.82, 2.24) is 19.6 Å². The second-order valence-corrected chi connectivity index (χ2v) is 14.2. The van der Waals surface area contributed by atoms with Crippen LogP contribution in [0.4, 0.5) is 11.5 Å². The Bertz CT molecular complexity index is 1660. The average molecular weight is 582 g/mol. The van der Waals surface area contributed by atoms with E-state index >= 15 is 0 Å². The van der Waals surface area contributed by atoms with Crippen LogP contribution in [0.5, 0.6) is 0 Å². The van der Waals surface area contributed by atoms with Crippen LogP contribution in [0.3, 0.4) is 0 Å². The third-order valence-corrected chi connectivity index (χ3v) is 10.4. The minimum atomic E-state index is -3.45. The first-order valence-electron chi connectivity index (χ1n) is 13.0. The molecule has 0 saturated carbocycles. The van der Waals surface area contributed by atoms with E-state index in [4.69, 9.17) is 4.98 Å². The molecule has 4 heterocycles. The molecule has 12 heteroatoms. The molecule has 0 aliphatic carbocycles. The SMILES string of the molecule is CCS(=O)(=O)c1cncc(-c2cc3c(c(Nc4ccc(C5CCN(S(C)(=O)=O)CC5)cc4)n2)C(C=O)NC=C3)c1. The van der Waals surface area contributed by atoms with Gasteiger partial charge in [0.2, 0.25) is 10.0 Å². The van der Waals surface area contributed by atoms with Crippen LogP contribution < -0.4 is 10.6 Å². The van der Waals surface area contributed by atoms with Crippen molar-refractivity contribution in [1.29, 1.82) is 0 Å². The normalized spacial score (nSPS) is 18.1. The fourth-order valence-electron chi connectivity index (χ4n) is 5.11. The number of benzene rings is 1. The topological polar surface area (TPSA) is 138 Å². The largest absolute Gasteiger partial charge is 0.378 e. The second kappa shape index (κ2) is 11.1. The lowest BCUT2D eigenvalue weighted by molar-refractivity contribution is -0.109. The Morgan fingerprint density at radius 3 is 2.45 bits per heavy atom. The zero-order valence-corrected chi connectivity index (χ0v) is 23.9. The molecule has 3 aromatic rings. The van der Waals surface area contributed by atoms with Crippen molar-refractivity contribution in [2.75, 3.05) is 30.4 Å². The Morgan fingerprint density at radius 1 is 1.07 bits per heavy atom. The van der Waals surface area contributed by atoms with Crippen LogP contribution in [-0.4, -0.2) is 62.5 Å². The van der Waals surface area contributed by atoms with Crippen LogP contribution >= 0.6 is 0 Å². The summed E-state index contributed by atoms with van der Waals surface area (Å²) < 4.78 is 50.1. The lowest BCUT2D eigenvalue weighted by atomic mass is 9.90. The molecule has 5 rings (SSSR count). The highest BCUT2D eigenvalue weighted by Crippen LogP contribution is 2.35. The van der Waals surface area contributed by atoms with Gasteiger partial charge in [0.25, 0.3) is 0 Å². The van der Waals surface area contributed by atoms with E-state index in [1.54, 1.807) is 25.4 Å². The molecule has 1 unspecified atom stereocenters. The molecule has 1 aromatic carbocycles. The summed E-state index contributed by atoms with van der Waals surface area (Å²) in [5, 5.41) is 6.40. The number of hydrogen-bond donors (Lipinski definition) is 2. The highest BCUT2D eigenvalue weighted by Gasteiger charge is 2.26. The van der Waals surface area contributed by atoms with Crippen LogP contribution in [0.25, 0.3) is 17.3 Å². The molecule has 1 atom stereocenters. The molecule has 0 spiro atoms. The van der Waals surface area contributed by atoms with Gasteiger partial charge in [-0.05, 0) is 66.4 Å². The third-order valence-electron chi connectivity index (χ3n) is 7.39.